The molecule has 1 aliphatic rings. The van der Waals surface area contributed by atoms with Crippen molar-refractivity contribution in [3.63, 3.8) is 0 Å². The van der Waals surface area contributed by atoms with Crippen molar-refractivity contribution >= 4 is 40.2 Å². The molecule has 2 amide bonds. The predicted molar refractivity (Wildman–Crippen MR) is 112 cm³/mol. The average molecular weight is 413 g/mol. The first kappa shape index (κ1) is 18.3. The van der Waals surface area contributed by atoms with Crippen LogP contribution in [0.2, 0.25) is 5.02 Å². The van der Waals surface area contributed by atoms with Gasteiger partial charge in [0.2, 0.25) is 0 Å². The molecule has 0 radical (unpaired) electrons. The SMILES string of the molecule is CC1=C(c2nc(-c3ccc(N)cc3)cs2)C(c2ccc(O)c(Cl)c2)NC(=O)N1. The molecular formula is C20H17ClN4O2S. The number of carbonyl (C=O) groups is 1. The van der Waals surface area contributed by atoms with Crippen LogP contribution >= 0.6 is 22.9 Å². The Labute approximate surface area is 170 Å². The highest BCUT2D eigenvalue weighted by molar-refractivity contribution is 7.11. The minimum atomic E-state index is -0.433. The van der Waals surface area contributed by atoms with Crippen molar-refractivity contribution in [3.05, 3.63) is 69.1 Å². The summed E-state index contributed by atoms with van der Waals surface area (Å²) in [6.45, 7) is 1.84. The number of thiazole rings is 1. The van der Waals surface area contributed by atoms with E-state index >= 15 is 0 Å². The van der Waals surface area contributed by atoms with Gasteiger partial charge in [0.1, 0.15) is 10.8 Å². The van der Waals surface area contributed by atoms with Crippen LogP contribution < -0.4 is 16.4 Å². The molecule has 0 bridgehead atoms. The number of anilines is 1. The molecule has 1 unspecified atom stereocenters. The van der Waals surface area contributed by atoms with Gasteiger partial charge < -0.3 is 21.5 Å². The number of hydrogen-bond donors (Lipinski definition) is 4. The van der Waals surface area contributed by atoms with Gasteiger partial charge in [0.25, 0.3) is 0 Å². The predicted octanol–water partition coefficient (Wildman–Crippen LogP) is 4.54. The van der Waals surface area contributed by atoms with E-state index in [0.29, 0.717) is 5.69 Å². The number of nitrogens with two attached hydrogens (primary N) is 1. The molecule has 2 heterocycles. The summed E-state index contributed by atoms with van der Waals surface area (Å²) in [4.78, 5) is 16.8. The fourth-order valence-electron chi connectivity index (χ4n) is 3.11. The highest BCUT2D eigenvalue weighted by Crippen LogP contribution is 2.39. The number of aromatic hydroxyl groups is 1. The van der Waals surface area contributed by atoms with E-state index in [0.717, 1.165) is 33.1 Å². The number of hydrogen-bond acceptors (Lipinski definition) is 5. The van der Waals surface area contributed by atoms with Crippen LogP contribution in [0.4, 0.5) is 10.5 Å². The normalized spacial score (nSPS) is 16.6. The highest BCUT2D eigenvalue weighted by atomic mass is 35.5. The van der Waals surface area contributed by atoms with E-state index < -0.39 is 6.04 Å². The maximum Gasteiger partial charge on any atom is 0.319 e. The van der Waals surface area contributed by atoms with Gasteiger partial charge in [-0.05, 0) is 36.8 Å². The van der Waals surface area contributed by atoms with Gasteiger partial charge in [0.15, 0.2) is 0 Å². The molecule has 8 heteroatoms. The number of halogens is 1. The van der Waals surface area contributed by atoms with E-state index in [-0.39, 0.29) is 16.8 Å². The van der Waals surface area contributed by atoms with E-state index in [2.05, 4.69) is 10.6 Å². The van der Waals surface area contributed by atoms with Crippen LogP contribution in [-0.2, 0) is 0 Å². The van der Waals surface area contributed by atoms with Crippen molar-refractivity contribution in [2.45, 2.75) is 13.0 Å². The number of phenols is 1. The van der Waals surface area contributed by atoms with Crippen molar-refractivity contribution in [1.29, 1.82) is 0 Å². The Morgan fingerprint density at radius 1 is 1.21 bits per heavy atom. The summed E-state index contributed by atoms with van der Waals surface area (Å²) in [7, 11) is 0. The largest absolute Gasteiger partial charge is 0.506 e. The minimum Gasteiger partial charge on any atom is -0.506 e. The summed E-state index contributed by atoms with van der Waals surface area (Å²) in [5, 5.41) is 18.4. The second-order valence-corrected chi connectivity index (χ2v) is 7.71. The quantitative estimate of drug-likeness (QED) is 0.474. The second kappa shape index (κ2) is 7.18. The highest BCUT2D eigenvalue weighted by Gasteiger charge is 2.30. The number of aromatic nitrogens is 1. The lowest BCUT2D eigenvalue weighted by Crippen LogP contribution is -2.42. The molecule has 3 aromatic rings. The number of rotatable bonds is 3. The first-order valence-corrected chi connectivity index (χ1v) is 9.76. The zero-order valence-corrected chi connectivity index (χ0v) is 16.4. The number of nitrogens with zero attached hydrogens (tertiary/aromatic N) is 1. The van der Waals surface area contributed by atoms with Crippen molar-refractivity contribution < 1.29 is 9.90 Å². The molecule has 0 spiro atoms. The molecule has 142 valence electrons. The van der Waals surface area contributed by atoms with Gasteiger partial charge in [-0.2, -0.15) is 0 Å². The van der Waals surface area contributed by atoms with Gasteiger partial charge in [0, 0.05) is 27.9 Å². The van der Waals surface area contributed by atoms with Crippen molar-refractivity contribution in [2.24, 2.45) is 0 Å². The summed E-state index contributed by atoms with van der Waals surface area (Å²) in [6.07, 6.45) is 0. The molecule has 28 heavy (non-hydrogen) atoms. The van der Waals surface area contributed by atoms with Crippen LogP contribution in [0.3, 0.4) is 0 Å². The molecular weight excluding hydrogens is 396 g/mol. The van der Waals surface area contributed by atoms with Crippen LogP contribution in [0.15, 0.2) is 53.5 Å². The third-order valence-electron chi connectivity index (χ3n) is 4.52. The standard InChI is InChI=1S/C20H17ClN4O2S/c1-10-17(19-24-15(9-28-19)11-2-5-13(22)6-3-11)18(25-20(27)23-10)12-4-7-16(26)14(21)8-12/h2-9,18,26H,22H2,1H3,(H2,23,25,27). The average Bonchev–Trinajstić information content (AvgIpc) is 3.13. The first-order chi connectivity index (χ1) is 13.4. The van der Waals surface area contributed by atoms with E-state index in [1.165, 1.54) is 17.4 Å². The first-order valence-electron chi connectivity index (χ1n) is 8.51. The zero-order valence-electron chi connectivity index (χ0n) is 14.9. The van der Waals surface area contributed by atoms with E-state index in [4.69, 9.17) is 22.3 Å². The monoisotopic (exact) mass is 412 g/mol. The minimum absolute atomic E-state index is 0.00665. The van der Waals surface area contributed by atoms with Crippen LogP contribution in [0, 0.1) is 0 Å². The maximum absolute atomic E-state index is 12.1. The lowest BCUT2D eigenvalue weighted by atomic mass is 9.96. The van der Waals surface area contributed by atoms with E-state index in [1.54, 1.807) is 12.1 Å². The van der Waals surface area contributed by atoms with Gasteiger partial charge in [-0.1, -0.05) is 29.8 Å². The van der Waals surface area contributed by atoms with E-state index in [9.17, 15) is 9.90 Å². The molecule has 6 nitrogen and oxygen atoms in total. The molecule has 2 aromatic carbocycles. The smallest absolute Gasteiger partial charge is 0.319 e. The van der Waals surface area contributed by atoms with Crippen LogP contribution in [-0.4, -0.2) is 16.1 Å². The topological polar surface area (TPSA) is 100 Å². The fourth-order valence-corrected chi connectivity index (χ4v) is 4.26. The van der Waals surface area contributed by atoms with Gasteiger partial charge >= 0.3 is 6.03 Å². The number of nitrogen functional groups attached to an aromatic ring is 1. The van der Waals surface area contributed by atoms with Gasteiger partial charge in [-0.25, -0.2) is 9.78 Å². The summed E-state index contributed by atoms with van der Waals surface area (Å²) < 4.78 is 0. The van der Waals surface area contributed by atoms with Crippen molar-refractivity contribution in [1.82, 2.24) is 15.6 Å². The Balaban J connectivity index is 1.77. The summed E-state index contributed by atoms with van der Waals surface area (Å²) in [6, 6.07) is 11.7. The number of benzene rings is 2. The molecule has 4 rings (SSSR count). The number of amides is 2. The summed E-state index contributed by atoms with van der Waals surface area (Å²) in [5.41, 5.74) is 10.6. The lowest BCUT2D eigenvalue weighted by Gasteiger charge is -2.28. The molecule has 0 aliphatic carbocycles. The van der Waals surface area contributed by atoms with Gasteiger partial charge in [-0.3, -0.25) is 0 Å². The molecule has 1 atom stereocenters. The van der Waals surface area contributed by atoms with Crippen molar-refractivity contribution in [3.8, 4) is 17.0 Å². The Bertz CT molecular complexity index is 1090. The van der Waals surface area contributed by atoms with Gasteiger partial charge in [-0.15, -0.1) is 11.3 Å². The number of urea groups is 1. The van der Waals surface area contributed by atoms with Crippen LogP contribution in [0.25, 0.3) is 16.8 Å². The maximum atomic E-state index is 12.1. The molecule has 0 fully saturated rings. The number of phenolic OH excluding ortho intramolecular Hbond substituents is 1. The number of nitrogens with one attached hydrogen (secondary N) is 2. The molecule has 5 N–H and O–H groups in total. The number of allylic oxidation sites excluding steroid dienone is 1. The number of carbonyl (C=O) groups excluding carboxylic acids is 1. The van der Waals surface area contributed by atoms with Crippen molar-refractivity contribution in [2.75, 3.05) is 5.73 Å². The Morgan fingerprint density at radius 3 is 2.68 bits per heavy atom. The molecule has 0 saturated heterocycles. The van der Waals surface area contributed by atoms with E-state index in [1.807, 2.05) is 36.6 Å². The molecule has 0 saturated carbocycles. The third kappa shape index (κ3) is 3.42. The Morgan fingerprint density at radius 2 is 1.96 bits per heavy atom. The molecule has 1 aromatic heterocycles. The Hall–Kier alpha value is -3.03. The summed E-state index contributed by atoms with van der Waals surface area (Å²) >= 11 is 7.57. The lowest BCUT2D eigenvalue weighted by molar-refractivity contribution is 0.240. The Kier molecular flexibility index (Phi) is 4.70. The fraction of sp³-hybridized carbons (Fsp3) is 0.100. The summed E-state index contributed by atoms with van der Waals surface area (Å²) in [5.74, 6) is -0.00665. The second-order valence-electron chi connectivity index (χ2n) is 6.44. The third-order valence-corrected chi connectivity index (χ3v) is 5.69. The zero-order chi connectivity index (χ0) is 19.8. The van der Waals surface area contributed by atoms with Crippen LogP contribution in [0.5, 0.6) is 5.75 Å². The molecule has 1 aliphatic heterocycles. The van der Waals surface area contributed by atoms with Gasteiger partial charge in [0.05, 0.1) is 16.8 Å². The van der Waals surface area contributed by atoms with Crippen LogP contribution in [0.1, 0.15) is 23.5 Å².